The van der Waals surface area contributed by atoms with Crippen LogP contribution < -0.4 is 0 Å². The molecule has 0 unspecified atom stereocenters. The van der Waals surface area contributed by atoms with Crippen LogP contribution >= 0.6 is 11.8 Å². The van der Waals surface area contributed by atoms with E-state index in [0.29, 0.717) is 10.9 Å². The van der Waals surface area contributed by atoms with E-state index in [1.54, 1.807) is 18.0 Å². The molecule has 2 nitrogen and oxygen atoms in total. The summed E-state index contributed by atoms with van der Waals surface area (Å²) < 4.78 is 0. The van der Waals surface area contributed by atoms with Gasteiger partial charge in [0.2, 0.25) is 0 Å². The summed E-state index contributed by atoms with van der Waals surface area (Å²) in [5.74, 6) is 0. The van der Waals surface area contributed by atoms with Gasteiger partial charge in [-0.25, -0.2) is 4.98 Å². The number of hydrogen-bond acceptors (Lipinski definition) is 3. The van der Waals surface area contributed by atoms with Crippen LogP contribution in [0, 0.1) is 18.3 Å². The molecular formula is C16H14N2S. The highest BCUT2D eigenvalue weighted by atomic mass is 32.2. The maximum atomic E-state index is 9.12. The third-order valence-corrected chi connectivity index (χ3v) is 4.53. The van der Waals surface area contributed by atoms with Crippen molar-refractivity contribution in [1.29, 1.82) is 5.26 Å². The molecule has 19 heavy (non-hydrogen) atoms. The van der Waals surface area contributed by atoms with E-state index < -0.39 is 0 Å². The van der Waals surface area contributed by atoms with Crippen molar-refractivity contribution in [3.8, 4) is 17.2 Å². The molecule has 0 N–H and O–H groups in total. The average Bonchev–Trinajstić information content (AvgIpc) is 3.23. The first-order chi connectivity index (χ1) is 9.26. The van der Waals surface area contributed by atoms with Crippen LogP contribution in [-0.4, -0.2) is 10.2 Å². The molecule has 1 fully saturated rings. The molecule has 3 heteroatoms. The fourth-order valence-corrected chi connectivity index (χ4v) is 3.02. The first-order valence-corrected chi connectivity index (χ1v) is 7.28. The van der Waals surface area contributed by atoms with E-state index in [1.165, 1.54) is 18.4 Å². The molecule has 1 aromatic heterocycles. The Hall–Kier alpha value is -1.79. The number of aromatic nitrogens is 1. The molecule has 1 heterocycles. The second-order valence-corrected chi connectivity index (χ2v) is 6.21. The summed E-state index contributed by atoms with van der Waals surface area (Å²) in [7, 11) is 0. The molecule has 0 atom stereocenters. The predicted octanol–water partition coefficient (Wildman–Crippen LogP) is 4.18. The Labute approximate surface area is 117 Å². The maximum absolute atomic E-state index is 9.12. The van der Waals surface area contributed by atoms with E-state index in [9.17, 15) is 0 Å². The Balaban J connectivity index is 1.97. The van der Waals surface area contributed by atoms with Gasteiger partial charge in [0.05, 0.1) is 0 Å². The second-order valence-electron chi connectivity index (χ2n) is 4.87. The van der Waals surface area contributed by atoms with Gasteiger partial charge in [0.15, 0.2) is 5.69 Å². The molecule has 0 spiro atoms. The molecule has 1 saturated carbocycles. The van der Waals surface area contributed by atoms with Gasteiger partial charge in [-0.2, -0.15) is 5.26 Å². The smallest absolute Gasteiger partial charge is 0.154 e. The van der Waals surface area contributed by atoms with Crippen molar-refractivity contribution in [2.24, 2.45) is 0 Å². The largest absolute Gasteiger partial charge is 0.244 e. The van der Waals surface area contributed by atoms with E-state index in [0.717, 1.165) is 16.0 Å². The fourth-order valence-electron chi connectivity index (χ4n) is 1.89. The van der Waals surface area contributed by atoms with Crippen LogP contribution in [0.15, 0.2) is 41.4 Å². The van der Waals surface area contributed by atoms with Crippen LogP contribution in [0.1, 0.15) is 24.1 Å². The summed E-state index contributed by atoms with van der Waals surface area (Å²) in [5.41, 5.74) is 4.04. The van der Waals surface area contributed by atoms with Gasteiger partial charge in [-0.1, -0.05) is 29.8 Å². The van der Waals surface area contributed by atoms with Crippen LogP contribution in [0.4, 0.5) is 0 Å². The highest BCUT2D eigenvalue weighted by Gasteiger charge is 2.24. The van der Waals surface area contributed by atoms with E-state index >= 15 is 0 Å². The van der Waals surface area contributed by atoms with E-state index in [1.807, 2.05) is 0 Å². The zero-order valence-corrected chi connectivity index (χ0v) is 11.6. The number of benzene rings is 1. The van der Waals surface area contributed by atoms with Gasteiger partial charge in [0.25, 0.3) is 0 Å². The van der Waals surface area contributed by atoms with E-state index in [2.05, 4.69) is 48.3 Å². The summed E-state index contributed by atoms with van der Waals surface area (Å²) in [6, 6.07) is 12.7. The van der Waals surface area contributed by atoms with Crippen molar-refractivity contribution in [2.75, 3.05) is 0 Å². The summed E-state index contributed by atoms with van der Waals surface area (Å²) in [4.78, 5) is 5.31. The number of pyridine rings is 1. The van der Waals surface area contributed by atoms with Gasteiger partial charge in [0.1, 0.15) is 6.07 Å². The minimum atomic E-state index is 0.549. The number of nitrogens with zero attached hydrogens (tertiary/aromatic N) is 2. The number of rotatable bonds is 3. The molecule has 1 aliphatic rings. The third-order valence-electron chi connectivity index (χ3n) is 3.16. The van der Waals surface area contributed by atoms with Gasteiger partial charge in [0, 0.05) is 21.9 Å². The summed E-state index contributed by atoms with van der Waals surface area (Å²) in [6.07, 6.45) is 4.30. The lowest BCUT2D eigenvalue weighted by Crippen LogP contribution is -1.90. The number of aryl methyl sites for hydroxylation is 1. The van der Waals surface area contributed by atoms with Crippen molar-refractivity contribution in [3.63, 3.8) is 0 Å². The summed E-state index contributed by atoms with van der Waals surface area (Å²) >= 11 is 1.79. The molecule has 0 radical (unpaired) electrons. The highest BCUT2D eigenvalue weighted by molar-refractivity contribution is 8.00. The number of hydrogen-bond donors (Lipinski definition) is 0. The maximum Gasteiger partial charge on any atom is 0.154 e. The third kappa shape index (κ3) is 2.80. The highest BCUT2D eigenvalue weighted by Crippen LogP contribution is 2.41. The minimum absolute atomic E-state index is 0.549. The van der Waals surface area contributed by atoms with Crippen LogP contribution in [0.5, 0.6) is 0 Å². The quantitative estimate of drug-likeness (QED) is 0.836. The van der Waals surface area contributed by atoms with E-state index in [-0.39, 0.29) is 0 Å². The second kappa shape index (κ2) is 5.07. The van der Waals surface area contributed by atoms with Crippen molar-refractivity contribution < 1.29 is 0 Å². The molecule has 94 valence electrons. The zero-order valence-electron chi connectivity index (χ0n) is 10.8. The molecule has 2 aromatic rings. The Morgan fingerprint density at radius 3 is 2.58 bits per heavy atom. The molecular weight excluding hydrogens is 252 g/mol. The standard InChI is InChI=1S/C16H14N2S/c1-11-2-4-12(5-3-11)13-8-16(19-14-6-7-14)15(9-17)18-10-13/h2-5,8,10,14H,6-7H2,1H3. The molecule has 1 aromatic carbocycles. The molecule has 0 amide bonds. The molecule has 0 aliphatic heterocycles. The lowest BCUT2D eigenvalue weighted by Gasteiger charge is -2.06. The van der Waals surface area contributed by atoms with Crippen molar-refractivity contribution >= 4 is 11.8 Å². The number of thioether (sulfide) groups is 1. The van der Waals surface area contributed by atoms with Gasteiger partial charge in [-0.15, -0.1) is 11.8 Å². The predicted molar refractivity (Wildman–Crippen MR) is 78.0 cm³/mol. The Kier molecular flexibility index (Phi) is 3.27. The Morgan fingerprint density at radius 1 is 1.21 bits per heavy atom. The minimum Gasteiger partial charge on any atom is -0.244 e. The summed E-state index contributed by atoms with van der Waals surface area (Å²) in [5, 5.41) is 9.81. The fraction of sp³-hybridized carbons (Fsp3) is 0.250. The van der Waals surface area contributed by atoms with Gasteiger partial charge in [-0.3, -0.25) is 0 Å². The molecule has 1 aliphatic carbocycles. The Bertz CT molecular complexity index is 637. The van der Waals surface area contributed by atoms with Crippen LogP contribution in [0.25, 0.3) is 11.1 Å². The average molecular weight is 266 g/mol. The topological polar surface area (TPSA) is 36.7 Å². The van der Waals surface area contributed by atoms with Crippen LogP contribution in [0.2, 0.25) is 0 Å². The summed E-state index contributed by atoms with van der Waals surface area (Å²) in [6.45, 7) is 2.08. The van der Waals surface area contributed by atoms with Crippen LogP contribution in [-0.2, 0) is 0 Å². The molecule has 3 rings (SSSR count). The van der Waals surface area contributed by atoms with Gasteiger partial charge >= 0.3 is 0 Å². The normalized spacial score (nSPS) is 14.1. The van der Waals surface area contributed by atoms with Crippen molar-refractivity contribution in [1.82, 2.24) is 4.98 Å². The van der Waals surface area contributed by atoms with Gasteiger partial charge in [-0.05, 0) is 31.4 Å². The molecule has 0 saturated heterocycles. The van der Waals surface area contributed by atoms with Crippen molar-refractivity contribution in [3.05, 3.63) is 47.8 Å². The molecule has 0 bridgehead atoms. The first kappa shape index (κ1) is 12.3. The Morgan fingerprint density at radius 2 is 1.95 bits per heavy atom. The van der Waals surface area contributed by atoms with Gasteiger partial charge < -0.3 is 0 Å². The van der Waals surface area contributed by atoms with Crippen molar-refractivity contribution in [2.45, 2.75) is 29.9 Å². The zero-order chi connectivity index (χ0) is 13.2. The first-order valence-electron chi connectivity index (χ1n) is 6.40. The number of nitriles is 1. The lowest BCUT2D eigenvalue weighted by atomic mass is 10.1. The monoisotopic (exact) mass is 266 g/mol. The van der Waals surface area contributed by atoms with Crippen LogP contribution in [0.3, 0.4) is 0 Å². The lowest BCUT2D eigenvalue weighted by molar-refractivity contribution is 1.18. The SMILES string of the molecule is Cc1ccc(-c2cnc(C#N)c(SC3CC3)c2)cc1. The van der Waals surface area contributed by atoms with E-state index in [4.69, 9.17) is 5.26 Å².